The van der Waals surface area contributed by atoms with Gasteiger partial charge < -0.3 is 18.9 Å². The van der Waals surface area contributed by atoms with Crippen molar-refractivity contribution < 1.29 is 23.7 Å². The fourth-order valence-electron chi connectivity index (χ4n) is 2.05. The number of rotatable bonds is 6. The molecule has 1 aromatic rings. The van der Waals surface area contributed by atoms with Gasteiger partial charge in [0.25, 0.3) is 0 Å². The van der Waals surface area contributed by atoms with E-state index in [1.165, 1.54) is 0 Å². The van der Waals surface area contributed by atoms with Gasteiger partial charge in [0.2, 0.25) is 0 Å². The predicted octanol–water partition coefficient (Wildman–Crippen LogP) is 1.30. The van der Waals surface area contributed by atoms with E-state index in [0.717, 1.165) is 18.8 Å². The van der Waals surface area contributed by atoms with Crippen LogP contribution in [0.4, 0.5) is 0 Å². The number of carbonyl (C=O) groups is 1. The Labute approximate surface area is 124 Å². The standard InChI is InChI=1S/C15H21NO5/c1-12(16-7-9-19-10-8-16)21-15(17)11-20-14-5-3-13(18-2)4-6-14/h3-6,12H,7-11H2,1-2H3. The first-order valence-electron chi connectivity index (χ1n) is 6.97. The van der Waals surface area contributed by atoms with Crippen LogP contribution in [0.2, 0.25) is 0 Å². The van der Waals surface area contributed by atoms with Gasteiger partial charge in [0.1, 0.15) is 11.5 Å². The molecule has 116 valence electrons. The van der Waals surface area contributed by atoms with Crippen molar-refractivity contribution in [3.8, 4) is 11.5 Å². The summed E-state index contributed by atoms with van der Waals surface area (Å²) in [4.78, 5) is 13.8. The number of ether oxygens (including phenoxy) is 4. The summed E-state index contributed by atoms with van der Waals surface area (Å²) in [5.74, 6) is 0.961. The average molecular weight is 295 g/mol. The van der Waals surface area contributed by atoms with E-state index in [1.807, 2.05) is 6.92 Å². The van der Waals surface area contributed by atoms with Crippen molar-refractivity contribution in [3.63, 3.8) is 0 Å². The zero-order chi connectivity index (χ0) is 15.1. The van der Waals surface area contributed by atoms with E-state index >= 15 is 0 Å². The molecule has 1 atom stereocenters. The predicted molar refractivity (Wildman–Crippen MR) is 76.4 cm³/mol. The van der Waals surface area contributed by atoms with E-state index < -0.39 is 0 Å². The van der Waals surface area contributed by atoms with Crippen molar-refractivity contribution in [2.45, 2.75) is 13.2 Å². The Morgan fingerprint density at radius 3 is 2.48 bits per heavy atom. The van der Waals surface area contributed by atoms with Crippen LogP contribution in [0, 0.1) is 0 Å². The van der Waals surface area contributed by atoms with Gasteiger partial charge in [0.05, 0.1) is 20.3 Å². The van der Waals surface area contributed by atoms with Crippen LogP contribution in [0.3, 0.4) is 0 Å². The lowest BCUT2D eigenvalue weighted by molar-refractivity contribution is -0.163. The molecule has 1 unspecified atom stereocenters. The molecule has 0 saturated carbocycles. The molecule has 1 aliphatic heterocycles. The third kappa shape index (κ3) is 4.91. The minimum Gasteiger partial charge on any atom is -0.497 e. The third-order valence-electron chi connectivity index (χ3n) is 3.28. The van der Waals surface area contributed by atoms with Crippen molar-refractivity contribution in [2.75, 3.05) is 40.0 Å². The minimum absolute atomic E-state index is 0.110. The topological polar surface area (TPSA) is 57.2 Å². The minimum atomic E-state index is -0.384. The number of hydrogen-bond acceptors (Lipinski definition) is 6. The van der Waals surface area contributed by atoms with Gasteiger partial charge >= 0.3 is 5.97 Å². The third-order valence-corrected chi connectivity index (χ3v) is 3.28. The summed E-state index contributed by atoms with van der Waals surface area (Å²) < 4.78 is 21.0. The van der Waals surface area contributed by atoms with Crippen LogP contribution in [-0.4, -0.2) is 57.1 Å². The molecule has 1 fully saturated rings. The summed E-state index contributed by atoms with van der Waals surface area (Å²) in [5.41, 5.74) is 0. The first kappa shape index (κ1) is 15.6. The molecule has 0 aromatic heterocycles. The van der Waals surface area contributed by atoms with E-state index in [0.29, 0.717) is 19.0 Å². The zero-order valence-corrected chi connectivity index (χ0v) is 12.4. The van der Waals surface area contributed by atoms with Gasteiger partial charge in [-0.25, -0.2) is 4.79 Å². The molecule has 2 rings (SSSR count). The van der Waals surface area contributed by atoms with E-state index in [-0.39, 0.29) is 18.8 Å². The van der Waals surface area contributed by atoms with E-state index in [2.05, 4.69) is 4.90 Å². The van der Waals surface area contributed by atoms with Gasteiger partial charge in [-0.2, -0.15) is 0 Å². The van der Waals surface area contributed by atoms with Crippen LogP contribution < -0.4 is 9.47 Å². The molecule has 1 aromatic carbocycles. The average Bonchev–Trinajstić information content (AvgIpc) is 2.54. The first-order chi connectivity index (χ1) is 10.2. The van der Waals surface area contributed by atoms with Crippen LogP contribution in [0.25, 0.3) is 0 Å². The van der Waals surface area contributed by atoms with Gasteiger partial charge in [0.15, 0.2) is 12.8 Å². The molecule has 1 saturated heterocycles. The van der Waals surface area contributed by atoms with Crippen molar-refractivity contribution in [1.82, 2.24) is 4.90 Å². The Morgan fingerprint density at radius 1 is 1.24 bits per heavy atom. The summed E-state index contributed by atoms with van der Waals surface area (Å²) in [6.45, 7) is 4.63. The number of carbonyl (C=O) groups excluding carboxylic acids is 1. The molecule has 21 heavy (non-hydrogen) atoms. The largest absolute Gasteiger partial charge is 0.497 e. The Kier molecular flexibility index (Phi) is 5.83. The second-order valence-corrected chi connectivity index (χ2v) is 4.70. The molecule has 0 amide bonds. The summed E-state index contributed by atoms with van der Waals surface area (Å²) in [6.07, 6.45) is -0.263. The van der Waals surface area contributed by atoms with E-state index in [1.54, 1.807) is 31.4 Å². The van der Waals surface area contributed by atoms with Gasteiger partial charge in [-0.3, -0.25) is 4.90 Å². The highest BCUT2D eigenvalue weighted by atomic mass is 16.6. The normalized spacial score (nSPS) is 17.0. The molecule has 0 spiro atoms. The highest BCUT2D eigenvalue weighted by Gasteiger charge is 2.20. The highest BCUT2D eigenvalue weighted by molar-refractivity contribution is 5.71. The molecule has 0 bridgehead atoms. The van der Waals surface area contributed by atoms with Gasteiger partial charge in [-0.15, -0.1) is 0 Å². The smallest absolute Gasteiger partial charge is 0.345 e. The monoisotopic (exact) mass is 295 g/mol. The van der Waals surface area contributed by atoms with E-state index in [9.17, 15) is 4.79 Å². The molecular formula is C15H21NO5. The molecule has 6 nitrogen and oxygen atoms in total. The number of hydrogen-bond donors (Lipinski definition) is 0. The van der Waals surface area contributed by atoms with E-state index in [4.69, 9.17) is 18.9 Å². The Balaban J connectivity index is 1.73. The SMILES string of the molecule is COc1ccc(OCC(=O)OC(C)N2CCOCC2)cc1. The lowest BCUT2D eigenvalue weighted by Gasteiger charge is -2.31. The van der Waals surface area contributed by atoms with Crippen LogP contribution >= 0.6 is 0 Å². The van der Waals surface area contributed by atoms with Crippen LogP contribution in [-0.2, 0) is 14.3 Å². The molecule has 6 heteroatoms. The van der Waals surface area contributed by atoms with Crippen molar-refractivity contribution in [2.24, 2.45) is 0 Å². The van der Waals surface area contributed by atoms with Crippen LogP contribution in [0.15, 0.2) is 24.3 Å². The maximum absolute atomic E-state index is 11.8. The lowest BCUT2D eigenvalue weighted by Crippen LogP contribution is -2.44. The lowest BCUT2D eigenvalue weighted by atomic mass is 10.3. The number of benzene rings is 1. The van der Waals surface area contributed by atoms with Crippen molar-refractivity contribution in [1.29, 1.82) is 0 Å². The van der Waals surface area contributed by atoms with Gasteiger partial charge in [0, 0.05) is 13.1 Å². The summed E-state index contributed by atoms with van der Waals surface area (Å²) in [5, 5.41) is 0. The molecular weight excluding hydrogens is 274 g/mol. The molecule has 1 aliphatic rings. The van der Waals surface area contributed by atoms with Crippen LogP contribution in [0.1, 0.15) is 6.92 Å². The van der Waals surface area contributed by atoms with Crippen molar-refractivity contribution in [3.05, 3.63) is 24.3 Å². The second kappa shape index (κ2) is 7.85. The molecule has 0 N–H and O–H groups in total. The molecule has 0 radical (unpaired) electrons. The highest BCUT2D eigenvalue weighted by Crippen LogP contribution is 2.17. The second-order valence-electron chi connectivity index (χ2n) is 4.70. The fraction of sp³-hybridized carbons (Fsp3) is 0.533. The maximum Gasteiger partial charge on any atom is 0.345 e. The number of nitrogens with zero attached hydrogens (tertiary/aromatic N) is 1. The number of morpholine rings is 1. The summed E-state index contributed by atoms with van der Waals surface area (Å²) >= 11 is 0. The maximum atomic E-state index is 11.8. The molecule has 1 heterocycles. The quantitative estimate of drug-likeness (QED) is 0.737. The number of esters is 1. The van der Waals surface area contributed by atoms with Crippen molar-refractivity contribution >= 4 is 5.97 Å². The summed E-state index contributed by atoms with van der Waals surface area (Å²) in [7, 11) is 1.60. The Morgan fingerprint density at radius 2 is 1.86 bits per heavy atom. The number of methoxy groups -OCH3 is 1. The van der Waals surface area contributed by atoms with Crippen LogP contribution in [0.5, 0.6) is 11.5 Å². The summed E-state index contributed by atoms with van der Waals surface area (Å²) in [6, 6.07) is 7.04. The molecule has 0 aliphatic carbocycles. The Hall–Kier alpha value is -1.79. The van der Waals surface area contributed by atoms with Gasteiger partial charge in [-0.1, -0.05) is 0 Å². The van der Waals surface area contributed by atoms with Gasteiger partial charge in [-0.05, 0) is 31.2 Å². The zero-order valence-electron chi connectivity index (χ0n) is 12.4. The fourth-order valence-corrected chi connectivity index (χ4v) is 2.05. The first-order valence-corrected chi connectivity index (χ1v) is 6.97. The Bertz CT molecular complexity index is 442.